The number of rotatable bonds is 7. The number of nitrogens with zero attached hydrogens (tertiary/aromatic N) is 3. The van der Waals surface area contributed by atoms with E-state index >= 15 is 0 Å². The van der Waals surface area contributed by atoms with Crippen molar-refractivity contribution in [3.63, 3.8) is 0 Å². The van der Waals surface area contributed by atoms with Gasteiger partial charge in [0.1, 0.15) is 10.9 Å². The minimum absolute atomic E-state index is 0.0851. The Morgan fingerprint density at radius 1 is 1.06 bits per heavy atom. The molecule has 7 nitrogen and oxygen atoms in total. The number of benzene rings is 2. The summed E-state index contributed by atoms with van der Waals surface area (Å²) >= 11 is 1.38. The Kier molecular flexibility index (Phi) is 6.91. The molecule has 1 aliphatic heterocycles. The van der Waals surface area contributed by atoms with Gasteiger partial charge in [0.25, 0.3) is 0 Å². The zero-order valence-electron chi connectivity index (χ0n) is 17.3. The Hall–Kier alpha value is -2.81. The molecule has 1 fully saturated rings. The number of fused-ring (bicyclic) bond motifs is 1. The minimum atomic E-state index is -0.184. The molecule has 0 unspecified atom stereocenters. The standard InChI is InChI=1S/C23H24N4O3S/c1-16(28)17-6-2-4-8-19(17)25-22(29)15-31-23-18-7-3-5-9-20(18)24-21(26-23)14-27-10-12-30-13-11-27/h2-9H,10-15H2,1H3,(H,25,29). The van der Waals surface area contributed by atoms with E-state index in [0.29, 0.717) is 17.8 Å². The van der Waals surface area contributed by atoms with E-state index < -0.39 is 0 Å². The summed E-state index contributed by atoms with van der Waals surface area (Å²) in [6.45, 7) is 5.30. The number of Topliss-reactive ketones (excluding diaryl/α,β-unsaturated/α-hetero) is 1. The van der Waals surface area contributed by atoms with Crippen LogP contribution in [0, 0.1) is 0 Å². The zero-order chi connectivity index (χ0) is 21.6. The van der Waals surface area contributed by atoms with E-state index in [2.05, 4.69) is 10.2 Å². The van der Waals surface area contributed by atoms with Crippen molar-refractivity contribution in [1.82, 2.24) is 14.9 Å². The van der Waals surface area contributed by atoms with E-state index in [1.807, 2.05) is 24.3 Å². The topological polar surface area (TPSA) is 84.4 Å². The van der Waals surface area contributed by atoms with Crippen molar-refractivity contribution in [3.8, 4) is 0 Å². The number of ether oxygens (including phenoxy) is 1. The number of hydrogen-bond donors (Lipinski definition) is 1. The molecule has 0 aliphatic carbocycles. The first-order valence-electron chi connectivity index (χ1n) is 10.2. The Bertz CT molecular complexity index is 1100. The van der Waals surface area contributed by atoms with Crippen LogP contribution in [0.2, 0.25) is 0 Å². The Labute approximate surface area is 185 Å². The third-order valence-corrected chi connectivity index (χ3v) is 5.99. The van der Waals surface area contributed by atoms with Gasteiger partial charge in [-0.3, -0.25) is 14.5 Å². The van der Waals surface area contributed by atoms with Gasteiger partial charge in [0.15, 0.2) is 5.78 Å². The van der Waals surface area contributed by atoms with Gasteiger partial charge < -0.3 is 10.1 Å². The largest absolute Gasteiger partial charge is 0.379 e. The SMILES string of the molecule is CC(=O)c1ccccc1NC(=O)CSc1nc(CN2CCOCC2)nc2ccccc12. The van der Waals surface area contributed by atoms with Crippen LogP contribution in [0.1, 0.15) is 23.1 Å². The summed E-state index contributed by atoms with van der Waals surface area (Å²) < 4.78 is 5.42. The molecule has 160 valence electrons. The van der Waals surface area contributed by atoms with Crippen LogP contribution >= 0.6 is 11.8 Å². The van der Waals surface area contributed by atoms with Crippen LogP contribution < -0.4 is 5.32 Å². The number of anilines is 1. The van der Waals surface area contributed by atoms with E-state index in [9.17, 15) is 9.59 Å². The Morgan fingerprint density at radius 2 is 1.81 bits per heavy atom. The van der Waals surface area contributed by atoms with Gasteiger partial charge >= 0.3 is 0 Å². The molecular weight excluding hydrogens is 412 g/mol. The van der Waals surface area contributed by atoms with Crippen molar-refractivity contribution < 1.29 is 14.3 Å². The number of aromatic nitrogens is 2. The molecule has 0 bridgehead atoms. The first kappa shape index (κ1) is 21.4. The second-order valence-corrected chi connectivity index (χ2v) is 8.25. The number of ketones is 1. The molecule has 2 heterocycles. The number of hydrogen-bond acceptors (Lipinski definition) is 7. The van der Waals surface area contributed by atoms with E-state index in [4.69, 9.17) is 14.7 Å². The molecule has 1 saturated heterocycles. The van der Waals surface area contributed by atoms with Crippen molar-refractivity contribution in [2.24, 2.45) is 0 Å². The molecule has 3 aromatic rings. The fourth-order valence-electron chi connectivity index (χ4n) is 3.45. The number of para-hydroxylation sites is 2. The summed E-state index contributed by atoms with van der Waals surface area (Å²) in [7, 11) is 0. The lowest BCUT2D eigenvalue weighted by Crippen LogP contribution is -2.36. The van der Waals surface area contributed by atoms with E-state index in [0.717, 1.165) is 48.1 Å². The third-order valence-electron chi connectivity index (χ3n) is 5.00. The molecule has 2 aromatic carbocycles. The summed E-state index contributed by atoms with van der Waals surface area (Å²) in [4.78, 5) is 36.1. The maximum atomic E-state index is 12.6. The van der Waals surface area contributed by atoms with Gasteiger partial charge in [-0.05, 0) is 25.1 Å². The lowest BCUT2D eigenvalue weighted by atomic mass is 10.1. The van der Waals surface area contributed by atoms with Crippen molar-refractivity contribution in [3.05, 3.63) is 59.9 Å². The highest BCUT2D eigenvalue weighted by molar-refractivity contribution is 8.00. The lowest BCUT2D eigenvalue weighted by Gasteiger charge is -2.25. The second-order valence-electron chi connectivity index (χ2n) is 7.29. The first-order valence-corrected chi connectivity index (χ1v) is 11.2. The third kappa shape index (κ3) is 5.46. The summed E-state index contributed by atoms with van der Waals surface area (Å²) in [5.41, 5.74) is 1.90. The molecule has 1 N–H and O–H groups in total. The average molecular weight is 437 g/mol. The molecule has 1 amide bonds. The number of thioether (sulfide) groups is 1. The minimum Gasteiger partial charge on any atom is -0.379 e. The van der Waals surface area contributed by atoms with Crippen molar-refractivity contribution >= 4 is 40.0 Å². The van der Waals surface area contributed by atoms with E-state index in [1.54, 1.807) is 24.3 Å². The highest BCUT2D eigenvalue weighted by Crippen LogP contribution is 2.26. The molecule has 0 spiro atoms. The molecular formula is C23H24N4O3S. The van der Waals surface area contributed by atoms with Crippen LogP contribution in [0.3, 0.4) is 0 Å². The van der Waals surface area contributed by atoms with Crippen LogP contribution in [0.15, 0.2) is 53.6 Å². The van der Waals surface area contributed by atoms with Crippen LogP contribution in [-0.4, -0.2) is 58.6 Å². The predicted octanol–water partition coefficient (Wildman–Crippen LogP) is 3.40. The molecule has 1 aliphatic rings. The monoisotopic (exact) mass is 436 g/mol. The highest BCUT2D eigenvalue weighted by Gasteiger charge is 2.16. The molecule has 0 radical (unpaired) electrons. The molecule has 4 rings (SSSR count). The van der Waals surface area contributed by atoms with Gasteiger partial charge in [0, 0.05) is 24.0 Å². The average Bonchev–Trinajstić information content (AvgIpc) is 2.78. The number of carbonyl (C=O) groups is 2. The van der Waals surface area contributed by atoms with Crippen molar-refractivity contribution in [1.29, 1.82) is 0 Å². The van der Waals surface area contributed by atoms with Gasteiger partial charge in [0.05, 0.1) is 36.7 Å². The molecule has 0 atom stereocenters. The smallest absolute Gasteiger partial charge is 0.234 e. The fourth-order valence-corrected chi connectivity index (χ4v) is 4.29. The van der Waals surface area contributed by atoms with Gasteiger partial charge in [-0.15, -0.1) is 0 Å². The molecule has 1 aromatic heterocycles. The number of amides is 1. The van der Waals surface area contributed by atoms with E-state index in [1.165, 1.54) is 18.7 Å². The summed E-state index contributed by atoms with van der Waals surface area (Å²) in [5.74, 6) is 0.657. The molecule has 8 heteroatoms. The number of morpholine rings is 1. The first-order chi connectivity index (χ1) is 15.1. The molecule has 0 saturated carbocycles. The number of nitrogens with one attached hydrogen (secondary N) is 1. The van der Waals surface area contributed by atoms with Crippen LogP contribution in [-0.2, 0) is 16.1 Å². The van der Waals surface area contributed by atoms with Crippen molar-refractivity contribution in [2.75, 3.05) is 37.4 Å². The van der Waals surface area contributed by atoms with Crippen LogP contribution in [0.25, 0.3) is 10.9 Å². The van der Waals surface area contributed by atoms with Gasteiger partial charge in [-0.1, -0.05) is 42.1 Å². The Morgan fingerprint density at radius 3 is 2.61 bits per heavy atom. The summed E-state index contributed by atoms with van der Waals surface area (Å²) in [5, 5.41) is 4.55. The maximum Gasteiger partial charge on any atom is 0.234 e. The number of carbonyl (C=O) groups excluding carboxylic acids is 2. The van der Waals surface area contributed by atoms with Gasteiger partial charge in [0.2, 0.25) is 5.91 Å². The fraction of sp³-hybridized carbons (Fsp3) is 0.304. The summed E-state index contributed by atoms with van der Waals surface area (Å²) in [6, 6.07) is 14.9. The molecule has 31 heavy (non-hydrogen) atoms. The highest BCUT2D eigenvalue weighted by atomic mass is 32.2. The van der Waals surface area contributed by atoms with Crippen molar-refractivity contribution in [2.45, 2.75) is 18.5 Å². The van der Waals surface area contributed by atoms with Crippen LogP contribution in [0.4, 0.5) is 5.69 Å². The maximum absolute atomic E-state index is 12.6. The van der Waals surface area contributed by atoms with Gasteiger partial charge in [-0.25, -0.2) is 9.97 Å². The normalized spacial score (nSPS) is 14.5. The van der Waals surface area contributed by atoms with Gasteiger partial charge in [-0.2, -0.15) is 0 Å². The quantitative estimate of drug-likeness (QED) is 0.345. The second kappa shape index (κ2) is 10.00. The Balaban J connectivity index is 1.49. The lowest BCUT2D eigenvalue weighted by molar-refractivity contribution is -0.113. The zero-order valence-corrected chi connectivity index (χ0v) is 18.2. The predicted molar refractivity (Wildman–Crippen MR) is 121 cm³/mol. The van der Waals surface area contributed by atoms with E-state index in [-0.39, 0.29) is 17.4 Å². The summed E-state index contributed by atoms with van der Waals surface area (Å²) in [6.07, 6.45) is 0. The van der Waals surface area contributed by atoms with Crippen LogP contribution in [0.5, 0.6) is 0 Å².